The first-order valence-electron chi connectivity index (χ1n) is 4.96. The van der Waals surface area contributed by atoms with Gasteiger partial charge in [-0.15, -0.1) is 5.10 Å². The monoisotopic (exact) mass is 210 g/mol. The van der Waals surface area contributed by atoms with Gasteiger partial charge in [0.25, 0.3) is 0 Å². The molecule has 82 valence electrons. The second kappa shape index (κ2) is 4.50. The van der Waals surface area contributed by atoms with Crippen molar-refractivity contribution in [2.45, 2.75) is 12.5 Å². The lowest BCUT2D eigenvalue weighted by molar-refractivity contribution is 0.0672. The Balaban J connectivity index is 1.94. The predicted molar refractivity (Wildman–Crippen MR) is 52.6 cm³/mol. The topological polar surface area (TPSA) is 69.0 Å². The lowest BCUT2D eigenvalue weighted by Gasteiger charge is -2.22. The minimum absolute atomic E-state index is 0.0468. The van der Waals surface area contributed by atoms with E-state index in [1.54, 1.807) is 7.05 Å². The third-order valence-corrected chi connectivity index (χ3v) is 2.43. The zero-order valence-corrected chi connectivity index (χ0v) is 8.64. The number of nitrogens with one attached hydrogen (secondary N) is 1. The van der Waals surface area contributed by atoms with Crippen LogP contribution in [0.2, 0.25) is 0 Å². The highest BCUT2D eigenvalue weighted by Crippen LogP contribution is 2.05. The van der Waals surface area contributed by atoms with Crippen molar-refractivity contribution >= 4 is 5.78 Å². The van der Waals surface area contributed by atoms with Crippen LogP contribution in [-0.2, 0) is 11.8 Å². The van der Waals surface area contributed by atoms with Crippen LogP contribution in [0.4, 0.5) is 0 Å². The van der Waals surface area contributed by atoms with Crippen molar-refractivity contribution in [3.8, 4) is 0 Å². The lowest BCUT2D eigenvalue weighted by Crippen LogP contribution is -2.42. The smallest absolute Gasteiger partial charge is 0.184 e. The molecular weight excluding hydrogens is 196 g/mol. The van der Waals surface area contributed by atoms with Gasteiger partial charge in [0.2, 0.25) is 0 Å². The molecule has 1 unspecified atom stereocenters. The first-order valence-corrected chi connectivity index (χ1v) is 4.96. The maximum Gasteiger partial charge on any atom is 0.184 e. The van der Waals surface area contributed by atoms with E-state index >= 15 is 0 Å². The number of ketones is 1. The molecule has 1 aliphatic rings. The Bertz CT molecular complexity index is 344. The molecule has 0 aliphatic carbocycles. The zero-order chi connectivity index (χ0) is 10.7. The fourth-order valence-corrected chi connectivity index (χ4v) is 1.62. The molecule has 0 aromatic carbocycles. The van der Waals surface area contributed by atoms with Crippen molar-refractivity contribution in [2.24, 2.45) is 7.05 Å². The molecule has 0 bridgehead atoms. The number of hydrogen-bond acceptors (Lipinski definition) is 5. The van der Waals surface area contributed by atoms with Gasteiger partial charge in [-0.1, -0.05) is 5.21 Å². The van der Waals surface area contributed by atoms with Gasteiger partial charge in [-0.2, -0.15) is 0 Å². The van der Waals surface area contributed by atoms with E-state index in [0.29, 0.717) is 18.7 Å². The summed E-state index contributed by atoms with van der Waals surface area (Å²) in [4.78, 5) is 11.8. The number of aromatic nitrogens is 3. The molecule has 1 aromatic heterocycles. The first-order chi connectivity index (χ1) is 7.27. The summed E-state index contributed by atoms with van der Waals surface area (Å²) in [6, 6.07) is 0.112. The van der Waals surface area contributed by atoms with Gasteiger partial charge in [-0.05, 0) is 0 Å². The molecule has 0 radical (unpaired) electrons. The van der Waals surface area contributed by atoms with Crippen molar-refractivity contribution in [1.29, 1.82) is 0 Å². The number of Topliss-reactive ketones (excluding diaryl/α,β-unsaturated/α-hetero) is 1. The number of morpholine rings is 1. The van der Waals surface area contributed by atoms with Crippen LogP contribution in [0.25, 0.3) is 0 Å². The summed E-state index contributed by atoms with van der Waals surface area (Å²) >= 11 is 0. The second-order valence-corrected chi connectivity index (χ2v) is 3.60. The van der Waals surface area contributed by atoms with Gasteiger partial charge >= 0.3 is 0 Å². The lowest BCUT2D eigenvalue weighted by atomic mass is 10.1. The zero-order valence-electron chi connectivity index (χ0n) is 8.64. The minimum Gasteiger partial charge on any atom is -0.378 e. The Hall–Kier alpha value is -1.27. The molecule has 1 atom stereocenters. The van der Waals surface area contributed by atoms with Gasteiger partial charge in [0.1, 0.15) is 5.69 Å². The van der Waals surface area contributed by atoms with E-state index in [1.165, 1.54) is 10.9 Å². The van der Waals surface area contributed by atoms with E-state index in [9.17, 15) is 4.79 Å². The molecule has 2 rings (SSSR count). The van der Waals surface area contributed by atoms with Crippen LogP contribution in [0.3, 0.4) is 0 Å². The SMILES string of the molecule is Cn1nncc1C(=O)CC1COCCN1. The molecule has 6 nitrogen and oxygen atoms in total. The molecule has 1 N–H and O–H groups in total. The number of carbonyl (C=O) groups is 1. The molecule has 1 saturated heterocycles. The molecule has 2 heterocycles. The van der Waals surface area contributed by atoms with Crippen LogP contribution in [-0.4, -0.2) is 46.6 Å². The van der Waals surface area contributed by atoms with Crippen molar-refractivity contribution in [1.82, 2.24) is 20.3 Å². The summed E-state index contributed by atoms with van der Waals surface area (Å²) in [5.74, 6) is 0.0468. The Kier molecular flexibility index (Phi) is 3.08. The van der Waals surface area contributed by atoms with Crippen LogP contribution in [0.5, 0.6) is 0 Å². The van der Waals surface area contributed by atoms with E-state index in [-0.39, 0.29) is 11.8 Å². The first kappa shape index (κ1) is 10.3. The normalized spacial score (nSPS) is 21.5. The summed E-state index contributed by atoms with van der Waals surface area (Å²) in [7, 11) is 1.71. The van der Waals surface area contributed by atoms with E-state index < -0.39 is 0 Å². The minimum atomic E-state index is 0.0468. The number of nitrogens with zero attached hydrogens (tertiary/aromatic N) is 3. The van der Waals surface area contributed by atoms with E-state index in [1.807, 2.05) is 0 Å². The van der Waals surface area contributed by atoms with Gasteiger partial charge in [-0.25, -0.2) is 4.68 Å². The van der Waals surface area contributed by atoms with E-state index in [2.05, 4.69) is 15.6 Å². The van der Waals surface area contributed by atoms with E-state index in [4.69, 9.17) is 4.74 Å². The van der Waals surface area contributed by atoms with Gasteiger partial charge < -0.3 is 10.1 Å². The highest BCUT2D eigenvalue weighted by Gasteiger charge is 2.19. The van der Waals surface area contributed by atoms with E-state index in [0.717, 1.165) is 13.2 Å². The average molecular weight is 210 g/mol. The highest BCUT2D eigenvalue weighted by atomic mass is 16.5. The number of aryl methyl sites for hydroxylation is 1. The Labute approximate surface area is 87.6 Å². The Morgan fingerprint density at radius 3 is 3.27 bits per heavy atom. The number of hydrogen-bond donors (Lipinski definition) is 1. The maximum atomic E-state index is 11.8. The van der Waals surface area contributed by atoms with Crippen LogP contribution < -0.4 is 5.32 Å². The highest BCUT2D eigenvalue weighted by molar-refractivity contribution is 5.94. The molecular formula is C9H14N4O2. The third-order valence-electron chi connectivity index (χ3n) is 2.43. The van der Waals surface area contributed by atoms with Crippen LogP contribution in [0, 0.1) is 0 Å². The predicted octanol–water partition coefficient (Wildman–Crippen LogP) is -0.624. The van der Waals surface area contributed by atoms with Crippen molar-refractivity contribution in [3.05, 3.63) is 11.9 Å². The summed E-state index contributed by atoms with van der Waals surface area (Å²) in [6.07, 6.45) is 1.92. The molecule has 6 heteroatoms. The van der Waals surface area contributed by atoms with Crippen molar-refractivity contribution in [2.75, 3.05) is 19.8 Å². The van der Waals surface area contributed by atoms with Gasteiger partial charge in [0.05, 0.1) is 19.4 Å². The van der Waals surface area contributed by atoms with Gasteiger partial charge in [0.15, 0.2) is 5.78 Å². The number of rotatable bonds is 3. The van der Waals surface area contributed by atoms with Gasteiger partial charge in [-0.3, -0.25) is 4.79 Å². The third kappa shape index (κ3) is 2.40. The maximum absolute atomic E-state index is 11.8. The molecule has 0 saturated carbocycles. The fourth-order valence-electron chi connectivity index (χ4n) is 1.62. The Morgan fingerprint density at radius 2 is 2.67 bits per heavy atom. The number of carbonyl (C=O) groups excluding carboxylic acids is 1. The number of ether oxygens (including phenoxy) is 1. The molecule has 15 heavy (non-hydrogen) atoms. The molecule has 1 aromatic rings. The van der Waals surface area contributed by atoms with Crippen molar-refractivity contribution < 1.29 is 9.53 Å². The fraction of sp³-hybridized carbons (Fsp3) is 0.667. The largest absolute Gasteiger partial charge is 0.378 e. The summed E-state index contributed by atoms with van der Waals surface area (Å²) in [5, 5.41) is 10.6. The summed E-state index contributed by atoms with van der Waals surface area (Å²) in [5.41, 5.74) is 0.544. The van der Waals surface area contributed by atoms with Crippen LogP contribution in [0.15, 0.2) is 6.20 Å². The summed E-state index contributed by atoms with van der Waals surface area (Å²) < 4.78 is 6.77. The molecule has 1 fully saturated rings. The quantitative estimate of drug-likeness (QED) is 0.673. The standard InChI is InChI=1S/C9H14N4O2/c1-13-8(5-11-12-13)9(14)4-7-6-15-3-2-10-7/h5,7,10H,2-4,6H2,1H3. The Morgan fingerprint density at radius 1 is 1.80 bits per heavy atom. The van der Waals surface area contributed by atoms with Crippen LogP contribution in [0.1, 0.15) is 16.9 Å². The molecule has 1 aliphatic heterocycles. The molecule has 0 amide bonds. The second-order valence-electron chi connectivity index (χ2n) is 3.60. The summed E-state index contributed by atoms with van der Waals surface area (Å²) in [6.45, 7) is 2.12. The van der Waals surface area contributed by atoms with Crippen LogP contribution >= 0.6 is 0 Å². The molecule has 0 spiro atoms. The van der Waals surface area contributed by atoms with Crippen molar-refractivity contribution in [3.63, 3.8) is 0 Å². The van der Waals surface area contributed by atoms with Gasteiger partial charge in [0, 0.05) is 26.1 Å². The average Bonchev–Trinajstić information content (AvgIpc) is 2.66.